The van der Waals surface area contributed by atoms with Crippen LogP contribution in [0.2, 0.25) is 0 Å². The molecule has 1 unspecified atom stereocenters. The molecular formula is C26H32N2O6. The number of carbonyl (C=O) groups is 2. The molecule has 1 aliphatic rings. The van der Waals surface area contributed by atoms with Gasteiger partial charge < -0.3 is 29.1 Å². The van der Waals surface area contributed by atoms with Gasteiger partial charge in [-0.1, -0.05) is 38.1 Å². The Labute approximate surface area is 200 Å². The normalized spacial score (nSPS) is 17.4. The highest BCUT2D eigenvalue weighted by Gasteiger charge is 2.47. The van der Waals surface area contributed by atoms with Crippen molar-refractivity contribution in [2.24, 2.45) is 0 Å². The first kappa shape index (κ1) is 25.1. The Morgan fingerprint density at radius 1 is 0.912 bits per heavy atom. The van der Waals surface area contributed by atoms with Gasteiger partial charge in [0.1, 0.15) is 28.6 Å². The first-order valence-corrected chi connectivity index (χ1v) is 11.3. The second kappa shape index (κ2) is 11.1. The zero-order valence-electron chi connectivity index (χ0n) is 20.3. The fraction of sp³-hybridized carbons (Fsp3) is 0.385. The van der Waals surface area contributed by atoms with E-state index in [0.717, 1.165) is 13.1 Å². The van der Waals surface area contributed by atoms with Gasteiger partial charge in [0.05, 0.1) is 32.9 Å². The number of ether oxygens (including phenoxy) is 3. The summed E-state index contributed by atoms with van der Waals surface area (Å²) in [7, 11) is 4.46. The average molecular weight is 469 g/mol. The minimum atomic E-state index is -0.832. The molecule has 0 saturated carbocycles. The fourth-order valence-corrected chi connectivity index (χ4v) is 4.33. The average Bonchev–Trinajstić information content (AvgIpc) is 3.13. The van der Waals surface area contributed by atoms with Gasteiger partial charge in [-0.15, -0.1) is 0 Å². The predicted octanol–water partition coefficient (Wildman–Crippen LogP) is 3.48. The Morgan fingerprint density at radius 3 is 2.03 bits per heavy atom. The van der Waals surface area contributed by atoms with Crippen molar-refractivity contribution in [3.8, 4) is 17.2 Å². The van der Waals surface area contributed by atoms with E-state index < -0.39 is 17.7 Å². The fourth-order valence-electron chi connectivity index (χ4n) is 4.33. The lowest BCUT2D eigenvalue weighted by atomic mass is 9.94. The molecular weight excluding hydrogens is 436 g/mol. The van der Waals surface area contributed by atoms with E-state index in [2.05, 4.69) is 4.90 Å². The number of amides is 1. The van der Waals surface area contributed by atoms with Crippen molar-refractivity contribution in [2.75, 3.05) is 47.5 Å². The van der Waals surface area contributed by atoms with Gasteiger partial charge >= 0.3 is 0 Å². The number of nitrogens with zero attached hydrogens (tertiary/aromatic N) is 2. The lowest BCUT2D eigenvalue weighted by Crippen LogP contribution is -2.38. The number of ketones is 1. The molecule has 1 atom stereocenters. The molecule has 34 heavy (non-hydrogen) atoms. The monoisotopic (exact) mass is 468 g/mol. The van der Waals surface area contributed by atoms with Crippen molar-refractivity contribution in [1.29, 1.82) is 0 Å². The Kier molecular flexibility index (Phi) is 8.17. The molecule has 182 valence electrons. The number of hydrogen-bond donors (Lipinski definition) is 1. The highest BCUT2D eigenvalue weighted by atomic mass is 16.5. The van der Waals surface area contributed by atoms with Crippen LogP contribution in [0.1, 0.15) is 31.0 Å². The van der Waals surface area contributed by atoms with Gasteiger partial charge in [-0.2, -0.15) is 0 Å². The largest absolute Gasteiger partial charge is 0.506 e. The smallest absolute Gasteiger partial charge is 0.295 e. The van der Waals surface area contributed by atoms with Crippen LogP contribution in [-0.2, 0) is 9.59 Å². The third kappa shape index (κ3) is 4.59. The Morgan fingerprint density at radius 2 is 1.47 bits per heavy atom. The van der Waals surface area contributed by atoms with Gasteiger partial charge in [0, 0.05) is 18.7 Å². The molecule has 8 heteroatoms. The first-order valence-electron chi connectivity index (χ1n) is 11.3. The van der Waals surface area contributed by atoms with Crippen LogP contribution in [0.3, 0.4) is 0 Å². The number of aliphatic hydroxyl groups excluding tert-OH is 1. The molecule has 1 fully saturated rings. The van der Waals surface area contributed by atoms with Crippen molar-refractivity contribution in [1.82, 2.24) is 9.80 Å². The number of likely N-dealkylation sites (N-methyl/N-ethyl adjacent to an activating group) is 1. The Balaban J connectivity index is 2.24. The summed E-state index contributed by atoms with van der Waals surface area (Å²) >= 11 is 0. The number of para-hydroxylation sites is 1. The molecule has 2 aromatic rings. The maximum absolute atomic E-state index is 13.4. The summed E-state index contributed by atoms with van der Waals surface area (Å²) < 4.78 is 16.4. The summed E-state index contributed by atoms with van der Waals surface area (Å²) in [6, 6.07) is 11.4. The minimum Gasteiger partial charge on any atom is -0.506 e. The third-order valence-corrected chi connectivity index (χ3v) is 6.19. The van der Waals surface area contributed by atoms with Gasteiger partial charge in [0.15, 0.2) is 0 Å². The number of hydrogen-bond acceptors (Lipinski definition) is 7. The molecule has 1 saturated heterocycles. The van der Waals surface area contributed by atoms with Gasteiger partial charge in [-0.05, 0) is 31.3 Å². The standard InChI is InChI=1S/C26H32N2O6/c1-6-27(7-2)15-16-28-23(17-11-8-9-12-18(17)32-3)22(25(30)26(28)31)24(29)21-19(33-4)13-10-14-20(21)34-5/h8-14,23,29H,6-7,15-16H2,1-5H3/b24-22+. The lowest BCUT2D eigenvalue weighted by Gasteiger charge is -2.29. The van der Waals surface area contributed by atoms with E-state index in [0.29, 0.717) is 35.9 Å². The van der Waals surface area contributed by atoms with Crippen LogP contribution >= 0.6 is 0 Å². The van der Waals surface area contributed by atoms with Crippen LogP contribution in [0.25, 0.3) is 5.76 Å². The van der Waals surface area contributed by atoms with E-state index in [-0.39, 0.29) is 16.9 Å². The number of likely N-dealkylation sites (tertiary alicyclic amines) is 1. The van der Waals surface area contributed by atoms with E-state index >= 15 is 0 Å². The molecule has 1 aliphatic heterocycles. The first-order chi connectivity index (χ1) is 16.4. The van der Waals surface area contributed by atoms with Crippen LogP contribution in [0.5, 0.6) is 17.2 Å². The van der Waals surface area contributed by atoms with Gasteiger partial charge in [-0.3, -0.25) is 9.59 Å². The van der Waals surface area contributed by atoms with Crippen molar-refractivity contribution in [2.45, 2.75) is 19.9 Å². The van der Waals surface area contributed by atoms with Crippen molar-refractivity contribution in [3.63, 3.8) is 0 Å². The second-order valence-electron chi connectivity index (χ2n) is 7.80. The number of methoxy groups -OCH3 is 3. The topological polar surface area (TPSA) is 88.5 Å². The van der Waals surface area contributed by atoms with E-state index in [1.807, 2.05) is 26.0 Å². The minimum absolute atomic E-state index is 0.0307. The van der Waals surface area contributed by atoms with Crippen molar-refractivity contribution < 1.29 is 28.9 Å². The number of rotatable bonds is 10. The van der Waals surface area contributed by atoms with Crippen LogP contribution in [0, 0.1) is 0 Å². The Bertz CT molecular complexity index is 1050. The van der Waals surface area contributed by atoms with E-state index in [4.69, 9.17) is 14.2 Å². The summed E-state index contributed by atoms with van der Waals surface area (Å²) in [6.07, 6.45) is 0. The molecule has 0 aliphatic carbocycles. The number of aliphatic hydroxyl groups is 1. The highest BCUT2D eigenvalue weighted by Crippen LogP contribution is 2.45. The molecule has 2 aromatic carbocycles. The maximum atomic E-state index is 13.4. The van der Waals surface area contributed by atoms with Crippen molar-refractivity contribution in [3.05, 3.63) is 59.2 Å². The molecule has 0 radical (unpaired) electrons. The second-order valence-corrected chi connectivity index (χ2v) is 7.80. The molecule has 0 aromatic heterocycles. The van der Waals surface area contributed by atoms with E-state index in [1.54, 1.807) is 30.3 Å². The molecule has 0 spiro atoms. The van der Waals surface area contributed by atoms with Crippen LogP contribution < -0.4 is 14.2 Å². The zero-order valence-corrected chi connectivity index (χ0v) is 20.3. The van der Waals surface area contributed by atoms with Gasteiger partial charge in [0.2, 0.25) is 0 Å². The molecule has 3 rings (SSSR count). The highest BCUT2D eigenvalue weighted by molar-refractivity contribution is 6.46. The summed E-state index contributed by atoms with van der Waals surface area (Å²) in [6.45, 7) is 6.63. The van der Waals surface area contributed by atoms with Gasteiger partial charge in [0.25, 0.3) is 11.7 Å². The number of Topliss-reactive ketones (excluding diaryl/α,β-unsaturated/α-hetero) is 1. The van der Waals surface area contributed by atoms with E-state index in [9.17, 15) is 14.7 Å². The summed E-state index contributed by atoms with van der Waals surface area (Å²) in [5.41, 5.74) is 0.796. The maximum Gasteiger partial charge on any atom is 0.295 e. The Hall–Kier alpha value is -3.52. The van der Waals surface area contributed by atoms with Crippen LogP contribution in [0.4, 0.5) is 0 Å². The molecule has 1 N–H and O–H groups in total. The van der Waals surface area contributed by atoms with E-state index in [1.165, 1.54) is 26.2 Å². The quantitative estimate of drug-likeness (QED) is 0.324. The number of benzene rings is 2. The zero-order chi connectivity index (χ0) is 24.8. The molecule has 8 nitrogen and oxygen atoms in total. The number of carbonyl (C=O) groups excluding carboxylic acids is 2. The van der Waals surface area contributed by atoms with Gasteiger partial charge in [-0.25, -0.2) is 0 Å². The van der Waals surface area contributed by atoms with Crippen molar-refractivity contribution >= 4 is 17.4 Å². The molecule has 1 heterocycles. The third-order valence-electron chi connectivity index (χ3n) is 6.19. The predicted molar refractivity (Wildman–Crippen MR) is 129 cm³/mol. The summed E-state index contributed by atoms with van der Waals surface area (Å²) in [5.74, 6) is -0.622. The molecule has 1 amide bonds. The SMILES string of the molecule is CCN(CC)CCN1C(=O)C(=O)/C(=C(/O)c2c(OC)cccc2OC)C1c1ccccc1OC. The summed E-state index contributed by atoms with van der Waals surface area (Å²) in [4.78, 5) is 30.3. The lowest BCUT2D eigenvalue weighted by molar-refractivity contribution is -0.140. The van der Waals surface area contributed by atoms with Crippen LogP contribution in [-0.4, -0.2) is 74.1 Å². The molecule has 0 bridgehead atoms. The van der Waals surface area contributed by atoms with Crippen LogP contribution in [0.15, 0.2) is 48.0 Å². The summed E-state index contributed by atoms with van der Waals surface area (Å²) in [5, 5.41) is 11.5.